The molecule has 0 fully saturated rings. The second-order valence-corrected chi connectivity index (χ2v) is 9.47. The number of rotatable bonds is 7. The maximum Gasteiger partial charge on any atom is 0.240 e. The largest absolute Gasteiger partial charge is 0.361 e. The van der Waals surface area contributed by atoms with E-state index in [1.54, 1.807) is 24.5 Å². The fourth-order valence-corrected chi connectivity index (χ4v) is 4.73. The molecule has 0 spiro atoms. The summed E-state index contributed by atoms with van der Waals surface area (Å²) in [6.45, 7) is 4.41. The molecule has 2 N–H and O–H groups in total. The molecule has 154 valence electrons. The third-order valence-electron chi connectivity index (χ3n) is 5.42. The summed E-state index contributed by atoms with van der Waals surface area (Å²) < 4.78 is 28.7. The van der Waals surface area contributed by atoms with Crippen LogP contribution >= 0.6 is 0 Å². The third-order valence-corrected chi connectivity index (χ3v) is 6.86. The predicted molar refractivity (Wildman–Crippen MR) is 120 cm³/mol. The summed E-state index contributed by atoms with van der Waals surface area (Å²) in [6.07, 6.45) is 5.46. The van der Waals surface area contributed by atoms with Crippen LogP contribution in [0.5, 0.6) is 0 Å². The van der Waals surface area contributed by atoms with Crippen LogP contribution in [0.2, 0.25) is 0 Å². The van der Waals surface area contributed by atoms with Crippen molar-refractivity contribution in [2.75, 3.05) is 6.54 Å². The van der Waals surface area contributed by atoms with Crippen molar-refractivity contribution >= 4 is 20.9 Å². The molecule has 0 bridgehead atoms. The van der Waals surface area contributed by atoms with Gasteiger partial charge < -0.3 is 4.98 Å². The van der Waals surface area contributed by atoms with Crippen LogP contribution in [0.25, 0.3) is 10.9 Å². The summed E-state index contributed by atoms with van der Waals surface area (Å²) in [5.74, 6) is 0.186. The van der Waals surface area contributed by atoms with Crippen LogP contribution in [-0.4, -0.2) is 24.9 Å². The molecule has 0 saturated heterocycles. The molecule has 5 nitrogen and oxygen atoms in total. The van der Waals surface area contributed by atoms with Crippen molar-refractivity contribution in [1.82, 2.24) is 14.7 Å². The van der Waals surface area contributed by atoms with Crippen molar-refractivity contribution in [3.05, 3.63) is 95.9 Å². The van der Waals surface area contributed by atoms with Crippen LogP contribution in [-0.2, 0) is 10.0 Å². The number of hydrogen-bond donors (Lipinski definition) is 2. The number of nitrogens with one attached hydrogen (secondary N) is 2. The number of aromatic amines is 1. The Labute approximate surface area is 177 Å². The number of fused-ring (bicyclic) bond motifs is 1. The Morgan fingerprint density at radius 1 is 0.967 bits per heavy atom. The number of aromatic nitrogens is 2. The first kappa shape index (κ1) is 20.3. The maximum atomic E-state index is 12.9. The van der Waals surface area contributed by atoms with E-state index in [1.807, 2.05) is 54.7 Å². The lowest BCUT2D eigenvalue weighted by Gasteiger charge is -2.18. The fourth-order valence-electron chi connectivity index (χ4n) is 3.68. The molecule has 0 radical (unpaired) electrons. The van der Waals surface area contributed by atoms with Gasteiger partial charge in [-0.25, -0.2) is 13.1 Å². The van der Waals surface area contributed by atoms with Gasteiger partial charge >= 0.3 is 0 Å². The fraction of sp³-hybridized carbons (Fsp3) is 0.208. The van der Waals surface area contributed by atoms with Crippen molar-refractivity contribution in [1.29, 1.82) is 0 Å². The molecule has 1 atom stereocenters. The second kappa shape index (κ2) is 8.42. The monoisotopic (exact) mass is 419 g/mol. The van der Waals surface area contributed by atoms with E-state index in [-0.39, 0.29) is 17.4 Å². The number of benzene rings is 2. The summed E-state index contributed by atoms with van der Waals surface area (Å²) in [5.41, 5.74) is 4.13. The lowest BCUT2D eigenvalue weighted by atomic mass is 9.92. The first-order valence-electron chi connectivity index (χ1n) is 10.0. The third kappa shape index (κ3) is 4.15. The van der Waals surface area contributed by atoms with Crippen molar-refractivity contribution in [2.24, 2.45) is 0 Å². The summed E-state index contributed by atoms with van der Waals surface area (Å²) in [4.78, 5) is 7.80. The molecule has 30 heavy (non-hydrogen) atoms. The Hall–Kier alpha value is -2.96. The topological polar surface area (TPSA) is 74.8 Å². The highest BCUT2D eigenvalue weighted by Gasteiger charge is 2.22. The lowest BCUT2D eigenvalue weighted by Crippen LogP contribution is -2.29. The van der Waals surface area contributed by atoms with Gasteiger partial charge in [0.2, 0.25) is 10.0 Å². The molecule has 0 aliphatic heterocycles. The zero-order chi connectivity index (χ0) is 21.1. The van der Waals surface area contributed by atoms with Gasteiger partial charge in [-0.1, -0.05) is 50.2 Å². The highest BCUT2D eigenvalue weighted by atomic mass is 32.2. The first-order chi connectivity index (χ1) is 14.5. The number of sulfonamides is 1. The average molecular weight is 420 g/mol. The van der Waals surface area contributed by atoms with Gasteiger partial charge in [0, 0.05) is 42.0 Å². The van der Waals surface area contributed by atoms with Gasteiger partial charge in [0.1, 0.15) is 0 Å². The molecule has 2 aromatic heterocycles. The summed E-state index contributed by atoms with van der Waals surface area (Å²) in [7, 11) is -3.63. The number of nitrogens with zero attached hydrogens (tertiary/aromatic N) is 1. The number of pyridine rings is 1. The maximum absolute atomic E-state index is 12.9. The number of hydrogen-bond acceptors (Lipinski definition) is 3. The minimum atomic E-state index is -3.63. The molecule has 4 aromatic rings. The minimum Gasteiger partial charge on any atom is -0.361 e. The van der Waals surface area contributed by atoms with E-state index in [0.717, 1.165) is 27.6 Å². The molecule has 2 aromatic carbocycles. The van der Waals surface area contributed by atoms with Crippen molar-refractivity contribution < 1.29 is 8.42 Å². The smallest absolute Gasteiger partial charge is 0.240 e. The first-order valence-corrected chi connectivity index (χ1v) is 11.5. The molecule has 0 aliphatic carbocycles. The summed E-state index contributed by atoms with van der Waals surface area (Å²) in [5, 5.41) is 1.08. The summed E-state index contributed by atoms with van der Waals surface area (Å²) >= 11 is 0. The van der Waals surface area contributed by atoms with Crippen molar-refractivity contribution in [3.8, 4) is 0 Å². The average Bonchev–Trinajstić information content (AvgIpc) is 3.19. The van der Waals surface area contributed by atoms with Gasteiger partial charge in [-0.2, -0.15) is 0 Å². The Morgan fingerprint density at radius 3 is 2.43 bits per heavy atom. The highest BCUT2D eigenvalue weighted by Crippen LogP contribution is 2.30. The van der Waals surface area contributed by atoms with Crippen LogP contribution in [0, 0.1) is 0 Å². The highest BCUT2D eigenvalue weighted by molar-refractivity contribution is 7.89. The summed E-state index contributed by atoms with van der Waals surface area (Å²) in [6, 6.07) is 19.0. The predicted octanol–water partition coefficient (Wildman–Crippen LogP) is 4.80. The number of H-pyrrole nitrogens is 1. The van der Waals surface area contributed by atoms with Gasteiger partial charge in [-0.15, -0.1) is 0 Å². The van der Waals surface area contributed by atoms with Crippen LogP contribution in [0.3, 0.4) is 0 Å². The van der Waals surface area contributed by atoms with Crippen LogP contribution in [0.4, 0.5) is 0 Å². The van der Waals surface area contributed by atoms with Crippen LogP contribution in [0.15, 0.2) is 84.1 Å². The molecular formula is C24H25N3O2S. The number of para-hydroxylation sites is 1. The SMILES string of the molecule is CC(C)c1ccc(S(=O)(=O)NC[C@H](c2cccnc2)c2c[nH]c3ccccc23)cc1. The van der Waals surface area contributed by atoms with Crippen molar-refractivity contribution in [2.45, 2.75) is 30.6 Å². The lowest BCUT2D eigenvalue weighted by molar-refractivity contribution is 0.577. The van der Waals surface area contributed by atoms with E-state index >= 15 is 0 Å². The van der Waals surface area contributed by atoms with Crippen LogP contribution < -0.4 is 4.72 Å². The molecule has 0 unspecified atom stereocenters. The Bertz CT molecular complexity index is 1230. The Morgan fingerprint density at radius 2 is 1.73 bits per heavy atom. The van der Waals surface area contributed by atoms with E-state index in [0.29, 0.717) is 5.92 Å². The standard InChI is InChI=1S/C24H25N3O2S/c1-17(2)18-9-11-20(12-10-18)30(28,29)27-16-22(19-6-5-13-25-14-19)23-15-26-24-8-4-3-7-21(23)24/h3-15,17,22,26-27H,16H2,1-2H3/t22-/m1/s1. The van der Waals surface area contributed by atoms with E-state index < -0.39 is 10.0 Å². The zero-order valence-electron chi connectivity index (χ0n) is 17.0. The molecule has 4 rings (SSSR count). The minimum absolute atomic E-state index is 0.167. The van der Waals surface area contributed by atoms with Crippen molar-refractivity contribution in [3.63, 3.8) is 0 Å². The Kier molecular flexibility index (Phi) is 5.70. The van der Waals surface area contributed by atoms with Gasteiger partial charge in [0.25, 0.3) is 0 Å². The van der Waals surface area contributed by atoms with E-state index in [1.165, 1.54) is 0 Å². The van der Waals surface area contributed by atoms with Crippen LogP contribution in [0.1, 0.15) is 42.4 Å². The Balaban J connectivity index is 1.64. The molecule has 0 aliphatic rings. The van der Waals surface area contributed by atoms with E-state index in [2.05, 4.69) is 28.5 Å². The molecule has 6 heteroatoms. The van der Waals surface area contributed by atoms with Gasteiger partial charge in [0.05, 0.1) is 4.90 Å². The zero-order valence-corrected chi connectivity index (χ0v) is 17.9. The second-order valence-electron chi connectivity index (χ2n) is 7.70. The van der Waals surface area contributed by atoms with E-state index in [9.17, 15) is 8.42 Å². The normalized spacial score (nSPS) is 13.0. The van der Waals surface area contributed by atoms with Gasteiger partial charge in [0.15, 0.2) is 0 Å². The molecular weight excluding hydrogens is 394 g/mol. The molecule has 0 saturated carbocycles. The van der Waals surface area contributed by atoms with Gasteiger partial charge in [-0.3, -0.25) is 4.98 Å². The van der Waals surface area contributed by atoms with E-state index in [4.69, 9.17) is 0 Å². The molecule has 0 amide bonds. The quantitative estimate of drug-likeness (QED) is 0.452. The van der Waals surface area contributed by atoms with Gasteiger partial charge in [-0.05, 0) is 46.9 Å². The molecule has 2 heterocycles.